The standard InChI is InChI=1S/C12H19O2Si/c1-4-11-9-7-8-10-12(11)15(13-5-2)14-6-3/h7-10H,4-6H2,1-3H3. The maximum Gasteiger partial charge on any atom is 0.423 e. The van der Waals surface area contributed by atoms with Crippen LogP contribution in [0.2, 0.25) is 0 Å². The van der Waals surface area contributed by atoms with Gasteiger partial charge in [-0.1, -0.05) is 31.2 Å². The minimum Gasteiger partial charge on any atom is -0.390 e. The van der Waals surface area contributed by atoms with E-state index in [1.165, 1.54) is 10.8 Å². The molecule has 1 rings (SSSR count). The molecule has 3 heteroatoms. The Kier molecular flexibility index (Phi) is 5.61. The molecule has 0 saturated carbocycles. The van der Waals surface area contributed by atoms with E-state index in [1.54, 1.807) is 0 Å². The largest absolute Gasteiger partial charge is 0.423 e. The molecule has 0 aliphatic heterocycles. The molecule has 1 aromatic rings. The molecule has 0 aromatic heterocycles. The molecule has 0 aliphatic carbocycles. The van der Waals surface area contributed by atoms with Gasteiger partial charge in [0.05, 0.1) is 0 Å². The van der Waals surface area contributed by atoms with Crippen molar-refractivity contribution in [2.24, 2.45) is 0 Å². The molecule has 0 fully saturated rings. The van der Waals surface area contributed by atoms with Crippen LogP contribution < -0.4 is 5.19 Å². The summed E-state index contributed by atoms with van der Waals surface area (Å²) in [6.07, 6.45) is 1.03. The van der Waals surface area contributed by atoms with Crippen LogP contribution in [-0.4, -0.2) is 22.5 Å². The highest BCUT2D eigenvalue weighted by molar-refractivity contribution is 6.61. The number of benzene rings is 1. The van der Waals surface area contributed by atoms with Crippen LogP contribution in [0, 0.1) is 0 Å². The molecule has 15 heavy (non-hydrogen) atoms. The summed E-state index contributed by atoms with van der Waals surface area (Å²) >= 11 is 0. The van der Waals surface area contributed by atoms with Crippen LogP contribution in [0.15, 0.2) is 24.3 Å². The smallest absolute Gasteiger partial charge is 0.390 e. The van der Waals surface area contributed by atoms with E-state index in [0.29, 0.717) is 13.2 Å². The number of rotatable bonds is 6. The second kappa shape index (κ2) is 6.77. The first-order chi connectivity index (χ1) is 7.33. The van der Waals surface area contributed by atoms with E-state index in [1.807, 2.05) is 13.8 Å². The van der Waals surface area contributed by atoms with Gasteiger partial charge in [0.2, 0.25) is 0 Å². The Morgan fingerprint density at radius 2 is 1.60 bits per heavy atom. The van der Waals surface area contributed by atoms with E-state index in [2.05, 4.69) is 31.2 Å². The molecular formula is C12H19O2Si. The van der Waals surface area contributed by atoms with E-state index in [0.717, 1.165) is 6.42 Å². The van der Waals surface area contributed by atoms with Crippen LogP contribution >= 0.6 is 0 Å². The van der Waals surface area contributed by atoms with Crippen molar-refractivity contribution >= 4 is 14.5 Å². The molecule has 0 spiro atoms. The highest BCUT2D eigenvalue weighted by Gasteiger charge is 2.20. The molecule has 2 nitrogen and oxygen atoms in total. The van der Waals surface area contributed by atoms with Crippen molar-refractivity contribution in [3.63, 3.8) is 0 Å². The summed E-state index contributed by atoms with van der Waals surface area (Å²) in [6, 6.07) is 8.40. The molecule has 1 radical (unpaired) electrons. The SMILES string of the molecule is CCO[Si](OCC)c1ccccc1CC. The van der Waals surface area contributed by atoms with Gasteiger partial charge in [0.25, 0.3) is 0 Å². The fraction of sp³-hybridized carbons (Fsp3) is 0.500. The third kappa shape index (κ3) is 3.45. The molecule has 0 N–H and O–H groups in total. The van der Waals surface area contributed by atoms with Crippen molar-refractivity contribution in [1.29, 1.82) is 0 Å². The second-order valence-electron chi connectivity index (χ2n) is 3.16. The van der Waals surface area contributed by atoms with E-state index in [-0.39, 0.29) is 0 Å². The van der Waals surface area contributed by atoms with Gasteiger partial charge in [0.1, 0.15) is 0 Å². The van der Waals surface area contributed by atoms with Crippen LogP contribution in [0.3, 0.4) is 0 Å². The summed E-state index contributed by atoms with van der Waals surface area (Å²) in [6.45, 7) is 7.62. The summed E-state index contributed by atoms with van der Waals surface area (Å²) in [5.41, 5.74) is 1.34. The quantitative estimate of drug-likeness (QED) is 0.687. The van der Waals surface area contributed by atoms with E-state index in [9.17, 15) is 0 Å². The minimum absolute atomic E-state index is 0.715. The lowest BCUT2D eigenvalue weighted by Crippen LogP contribution is -2.39. The first-order valence-corrected chi connectivity index (χ1v) is 6.85. The van der Waals surface area contributed by atoms with Gasteiger partial charge in [-0.05, 0) is 31.0 Å². The van der Waals surface area contributed by atoms with Crippen molar-refractivity contribution in [1.82, 2.24) is 0 Å². The van der Waals surface area contributed by atoms with E-state index >= 15 is 0 Å². The molecule has 0 unspecified atom stereocenters. The predicted molar refractivity (Wildman–Crippen MR) is 64.5 cm³/mol. The Bertz CT molecular complexity index is 283. The van der Waals surface area contributed by atoms with Gasteiger partial charge in [-0.15, -0.1) is 0 Å². The average molecular weight is 223 g/mol. The number of aryl methyl sites for hydroxylation is 1. The van der Waals surface area contributed by atoms with Gasteiger partial charge < -0.3 is 8.85 Å². The lowest BCUT2D eigenvalue weighted by atomic mass is 10.2. The molecule has 0 amide bonds. The Morgan fingerprint density at radius 3 is 2.13 bits per heavy atom. The molecule has 1 aromatic carbocycles. The van der Waals surface area contributed by atoms with Gasteiger partial charge in [0, 0.05) is 13.2 Å². The average Bonchev–Trinajstić information content (AvgIpc) is 2.29. The molecule has 0 atom stereocenters. The van der Waals surface area contributed by atoms with E-state index < -0.39 is 9.28 Å². The Labute approximate surface area is 94.1 Å². The minimum atomic E-state index is -1.27. The van der Waals surface area contributed by atoms with E-state index in [4.69, 9.17) is 8.85 Å². The molecule has 0 bridgehead atoms. The summed E-state index contributed by atoms with van der Waals surface area (Å²) in [4.78, 5) is 0. The van der Waals surface area contributed by atoms with Crippen molar-refractivity contribution < 1.29 is 8.85 Å². The second-order valence-corrected chi connectivity index (χ2v) is 4.86. The Balaban J connectivity index is 2.88. The molecule has 0 aliphatic rings. The van der Waals surface area contributed by atoms with Crippen LogP contribution in [0.25, 0.3) is 0 Å². The summed E-state index contributed by atoms with van der Waals surface area (Å²) in [5.74, 6) is 0. The first kappa shape index (κ1) is 12.4. The zero-order valence-corrected chi connectivity index (χ0v) is 10.7. The molecular weight excluding hydrogens is 204 g/mol. The highest BCUT2D eigenvalue weighted by atomic mass is 28.3. The van der Waals surface area contributed by atoms with Crippen LogP contribution in [0.1, 0.15) is 26.3 Å². The molecule has 0 saturated heterocycles. The third-order valence-electron chi connectivity index (χ3n) is 2.17. The van der Waals surface area contributed by atoms with Crippen LogP contribution in [-0.2, 0) is 15.3 Å². The van der Waals surface area contributed by atoms with Crippen molar-refractivity contribution in [2.75, 3.05) is 13.2 Å². The Morgan fingerprint density at radius 1 is 1.00 bits per heavy atom. The van der Waals surface area contributed by atoms with Gasteiger partial charge in [-0.3, -0.25) is 0 Å². The van der Waals surface area contributed by atoms with Gasteiger partial charge in [-0.2, -0.15) is 0 Å². The maximum atomic E-state index is 5.69. The number of hydrogen-bond acceptors (Lipinski definition) is 2. The zero-order valence-electron chi connectivity index (χ0n) is 9.75. The summed E-state index contributed by atoms with van der Waals surface area (Å²) < 4.78 is 11.4. The van der Waals surface area contributed by atoms with Crippen molar-refractivity contribution in [3.05, 3.63) is 29.8 Å². The maximum absolute atomic E-state index is 5.69. The highest BCUT2D eigenvalue weighted by Crippen LogP contribution is 2.01. The third-order valence-corrected chi connectivity index (χ3v) is 4.20. The van der Waals surface area contributed by atoms with Gasteiger partial charge in [0.15, 0.2) is 0 Å². The normalized spacial score (nSPS) is 10.9. The van der Waals surface area contributed by atoms with Gasteiger partial charge in [-0.25, -0.2) is 0 Å². The Hall–Kier alpha value is -0.643. The zero-order chi connectivity index (χ0) is 11.1. The monoisotopic (exact) mass is 223 g/mol. The molecule has 83 valence electrons. The first-order valence-electron chi connectivity index (χ1n) is 5.54. The summed E-state index contributed by atoms with van der Waals surface area (Å²) in [7, 11) is -1.27. The van der Waals surface area contributed by atoms with Crippen LogP contribution in [0.5, 0.6) is 0 Å². The number of hydrogen-bond donors (Lipinski definition) is 0. The molecule has 0 heterocycles. The summed E-state index contributed by atoms with van der Waals surface area (Å²) in [5, 5.41) is 1.26. The fourth-order valence-electron chi connectivity index (χ4n) is 1.49. The van der Waals surface area contributed by atoms with Gasteiger partial charge >= 0.3 is 9.28 Å². The predicted octanol–water partition coefficient (Wildman–Crippen LogP) is 2.02. The fourth-order valence-corrected chi connectivity index (χ4v) is 3.16. The van der Waals surface area contributed by atoms with Crippen molar-refractivity contribution in [3.8, 4) is 0 Å². The van der Waals surface area contributed by atoms with Crippen molar-refractivity contribution in [2.45, 2.75) is 27.2 Å². The van der Waals surface area contributed by atoms with Crippen LogP contribution in [0.4, 0.5) is 0 Å². The lowest BCUT2D eigenvalue weighted by Gasteiger charge is -2.16. The topological polar surface area (TPSA) is 18.5 Å². The lowest BCUT2D eigenvalue weighted by molar-refractivity contribution is 0.225.